The SMILES string of the molecule is O=C(Cc1ccccc1)Nc1c(O)cc(O)c(C2C(O)C(c3c(O)cc(O)c(N=CC(=O)c4ccccc4)c3O)C2O)c1O. The number of ketones is 1. The van der Waals surface area contributed by atoms with Crippen LogP contribution < -0.4 is 5.32 Å². The molecule has 0 bridgehead atoms. The van der Waals surface area contributed by atoms with Gasteiger partial charge in [0.2, 0.25) is 11.7 Å². The van der Waals surface area contributed by atoms with E-state index >= 15 is 0 Å². The number of phenols is 6. The molecule has 0 radical (unpaired) electrons. The Morgan fingerprint density at radius 1 is 0.705 bits per heavy atom. The minimum absolute atomic E-state index is 0.103. The minimum atomic E-state index is -1.65. The van der Waals surface area contributed by atoms with Crippen molar-refractivity contribution in [1.29, 1.82) is 0 Å². The van der Waals surface area contributed by atoms with Crippen LogP contribution in [0, 0.1) is 0 Å². The van der Waals surface area contributed by atoms with Crippen molar-refractivity contribution in [3.8, 4) is 34.5 Å². The molecular formula is C32H28N2O10. The van der Waals surface area contributed by atoms with E-state index in [0.717, 1.165) is 18.3 Å². The highest BCUT2D eigenvalue weighted by molar-refractivity contribution is 6.35. The lowest BCUT2D eigenvalue weighted by Gasteiger charge is -2.47. The van der Waals surface area contributed by atoms with Crippen LogP contribution in [-0.2, 0) is 11.2 Å². The molecule has 4 aromatic carbocycles. The van der Waals surface area contributed by atoms with Crippen LogP contribution in [0.25, 0.3) is 0 Å². The maximum atomic E-state index is 12.6. The number of nitrogens with one attached hydrogen (secondary N) is 1. The fourth-order valence-corrected chi connectivity index (χ4v) is 5.36. The monoisotopic (exact) mass is 600 g/mol. The summed E-state index contributed by atoms with van der Waals surface area (Å²) >= 11 is 0. The second kappa shape index (κ2) is 12.0. The van der Waals surface area contributed by atoms with Gasteiger partial charge in [-0.05, 0) is 5.56 Å². The van der Waals surface area contributed by atoms with Gasteiger partial charge in [0, 0.05) is 40.7 Å². The van der Waals surface area contributed by atoms with E-state index in [1.165, 1.54) is 12.1 Å². The highest BCUT2D eigenvalue weighted by Crippen LogP contribution is 2.59. The molecule has 1 amide bonds. The Labute approximate surface area is 250 Å². The Morgan fingerprint density at radius 3 is 1.82 bits per heavy atom. The molecule has 4 aromatic rings. The van der Waals surface area contributed by atoms with Crippen LogP contribution in [0.5, 0.6) is 34.5 Å². The molecule has 1 aliphatic rings. The van der Waals surface area contributed by atoms with Gasteiger partial charge in [-0.25, -0.2) is 4.99 Å². The smallest absolute Gasteiger partial charge is 0.228 e. The first-order chi connectivity index (χ1) is 21.0. The van der Waals surface area contributed by atoms with E-state index in [-0.39, 0.29) is 12.0 Å². The Morgan fingerprint density at radius 2 is 1.23 bits per heavy atom. The minimum Gasteiger partial charge on any atom is -0.507 e. The van der Waals surface area contributed by atoms with Crippen LogP contribution in [0.4, 0.5) is 11.4 Å². The molecule has 0 saturated heterocycles. The van der Waals surface area contributed by atoms with Gasteiger partial charge in [-0.2, -0.15) is 0 Å². The normalized spacial score (nSPS) is 19.4. The van der Waals surface area contributed by atoms with Gasteiger partial charge in [-0.1, -0.05) is 60.7 Å². The molecule has 2 unspecified atom stereocenters. The molecule has 12 heteroatoms. The molecule has 226 valence electrons. The Balaban J connectivity index is 1.43. The zero-order chi connectivity index (χ0) is 31.7. The van der Waals surface area contributed by atoms with Gasteiger partial charge in [0.1, 0.15) is 40.1 Å². The summed E-state index contributed by atoms with van der Waals surface area (Å²) in [7, 11) is 0. The second-order valence-corrected chi connectivity index (χ2v) is 10.3. The van der Waals surface area contributed by atoms with Crippen molar-refractivity contribution in [2.75, 3.05) is 5.32 Å². The van der Waals surface area contributed by atoms with E-state index in [2.05, 4.69) is 10.3 Å². The largest absolute Gasteiger partial charge is 0.507 e. The fraction of sp³-hybridized carbons (Fsp3) is 0.156. The van der Waals surface area contributed by atoms with Crippen molar-refractivity contribution < 1.29 is 50.4 Å². The number of carbonyl (C=O) groups excluding carboxylic acids is 2. The Kier molecular flexibility index (Phi) is 8.12. The number of aliphatic hydroxyl groups is 2. The molecule has 0 aromatic heterocycles. The van der Waals surface area contributed by atoms with Gasteiger partial charge in [0.05, 0.1) is 24.8 Å². The van der Waals surface area contributed by atoms with Crippen LogP contribution in [0.3, 0.4) is 0 Å². The summed E-state index contributed by atoms with van der Waals surface area (Å²) in [4.78, 5) is 28.9. The highest BCUT2D eigenvalue weighted by atomic mass is 16.3. The topological polar surface area (TPSA) is 220 Å². The number of carbonyl (C=O) groups is 2. The number of hydrogen-bond donors (Lipinski definition) is 9. The zero-order valence-corrected chi connectivity index (χ0v) is 22.9. The lowest BCUT2D eigenvalue weighted by molar-refractivity contribution is -0.115. The average Bonchev–Trinajstić information content (AvgIpc) is 3.00. The molecule has 2 atom stereocenters. The fourth-order valence-electron chi connectivity index (χ4n) is 5.36. The van der Waals surface area contributed by atoms with Crippen molar-refractivity contribution in [2.24, 2.45) is 4.99 Å². The summed E-state index contributed by atoms with van der Waals surface area (Å²) in [5, 5.41) is 88.2. The summed E-state index contributed by atoms with van der Waals surface area (Å²) in [6, 6.07) is 18.3. The third-order valence-electron chi connectivity index (χ3n) is 7.55. The molecular weight excluding hydrogens is 572 g/mol. The van der Waals surface area contributed by atoms with Crippen molar-refractivity contribution in [3.63, 3.8) is 0 Å². The molecule has 0 spiro atoms. The van der Waals surface area contributed by atoms with Crippen LogP contribution in [0.15, 0.2) is 77.8 Å². The van der Waals surface area contributed by atoms with Gasteiger partial charge in [0.25, 0.3) is 0 Å². The molecule has 1 fully saturated rings. The first-order valence-electron chi connectivity index (χ1n) is 13.4. The van der Waals surface area contributed by atoms with E-state index in [0.29, 0.717) is 5.56 Å². The van der Waals surface area contributed by atoms with Crippen LogP contribution in [-0.4, -0.2) is 71.0 Å². The molecule has 9 N–H and O–H groups in total. The standard InChI is InChI=1S/C32H28N2O10/c35-17-12-19(37)27(33-14-21(39)16-9-5-2-6-10-16)31(43)23(17)25-29(41)26(30(25)42)24-18(36)13-20(38)28(32(24)44)34-22(40)11-15-7-3-1-4-8-15/h1-10,12-14,25-26,29-30,35-38,41-44H,11H2,(H,34,40). The number of aromatic hydroxyl groups is 6. The van der Waals surface area contributed by atoms with Gasteiger partial charge in [0.15, 0.2) is 5.75 Å². The van der Waals surface area contributed by atoms with E-state index in [4.69, 9.17) is 0 Å². The number of nitrogens with zero attached hydrogens (tertiary/aromatic N) is 1. The number of Topliss-reactive ketones (excluding diaryl/α,β-unsaturated/α-hetero) is 1. The molecule has 5 rings (SSSR count). The van der Waals surface area contributed by atoms with Gasteiger partial charge < -0.3 is 46.2 Å². The van der Waals surface area contributed by atoms with Gasteiger partial charge in [-0.3, -0.25) is 9.59 Å². The van der Waals surface area contributed by atoms with E-state index in [1.807, 2.05) is 0 Å². The highest BCUT2D eigenvalue weighted by Gasteiger charge is 2.54. The second-order valence-electron chi connectivity index (χ2n) is 10.3. The number of phenolic OH excluding ortho intramolecular Hbond substituents is 6. The molecule has 0 heterocycles. The number of rotatable bonds is 8. The summed E-state index contributed by atoms with van der Waals surface area (Å²) in [5.41, 5.74) is -0.852. The van der Waals surface area contributed by atoms with Crippen LogP contribution >= 0.6 is 0 Å². The molecule has 1 aliphatic carbocycles. The number of aliphatic imine (C=N–C) groups is 1. The molecule has 0 aliphatic heterocycles. The van der Waals surface area contributed by atoms with E-state index in [1.54, 1.807) is 48.5 Å². The van der Waals surface area contributed by atoms with Crippen molar-refractivity contribution in [3.05, 3.63) is 95.1 Å². The van der Waals surface area contributed by atoms with Crippen molar-refractivity contribution in [1.82, 2.24) is 0 Å². The van der Waals surface area contributed by atoms with E-state index in [9.17, 15) is 50.4 Å². The van der Waals surface area contributed by atoms with Crippen LogP contribution in [0.2, 0.25) is 0 Å². The zero-order valence-electron chi connectivity index (χ0n) is 22.9. The third-order valence-corrected chi connectivity index (χ3v) is 7.55. The molecule has 44 heavy (non-hydrogen) atoms. The summed E-state index contributed by atoms with van der Waals surface area (Å²) in [6.45, 7) is 0. The summed E-state index contributed by atoms with van der Waals surface area (Å²) in [6.07, 6.45) is -2.55. The number of aliphatic hydroxyl groups excluding tert-OH is 2. The lowest BCUT2D eigenvalue weighted by Crippen LogP contribution is -2.51. The summed E-state index contributed by atoms with van der Waals surface area (Å²) in [5.74, 6) is -8.39. The van der Waals surface area contributed by atoms with Gasteiger partial charge >= 0.3 is 0 Å². The maximum absolute atomic E-state index is 12.6. The van der Waals surface area contributed by atoms with Crippen molar-refractivity contribution >= 4 is 29.3 Å². The Bertz CT molecular complexity index is 1750. The summed E-state index contributed by atoms with van der Waals surface area (Å²) < 4.78 is 0. The number of anilines is 1. The Hall–Kier alpha value is -5.59. The number of hydrogen-bond acceptors (Lipinski definition) is 11. The maximum Gasteiger partial charge on any atom is 0.228 e. The third kappa shape index (κ3) is 5.46. The van der Waals surface area contributed by atoms with Gasteiger partial charge in [-0.15, -0.1) is 0 Å². The first-order valence-corrected chi connectivity index (χ1v) is 13.4. The number of amides is 1. The molecule has 1 saturated carbocycles. The predicted octanol–water partition coefficient (Wildman–Crippen LogP) is 3.29. The predicted molar refractivity (Wildman–Crippen MR) is 158 cm³/mol. The quantitative estimate of drug-likeness (QED) is 0.0621. The molecule has 12 nitrogen and oxygen atoms in total. The first kappa shape index (κ1) is 29.9. The van der Waals surface area contributed by atoms with E-state index < -0.39 is 92.7 Å². The average molecular weight is 601 g/mol. The number of benzene rings is 4. The lowest BCUT2D eigenvalue weighted by atomic mass is 9.62. The van der Waals surface area contributed by atoms with Crippen LogP contribution in [0.1, 0.15) is 38.9 Å². The van der Waals surface area contributed by atoms with Crippen molar-refractivity contribution in [2.45, 2.75) is 30.5 Å².